The lowest BCUT2D eigenvalue weighted by Crippen LogP contribution is -2.53. The summed E-state index contributed by atoms with van der Waals surface area (Å²) in [5.74, 6) is -1.60. The van der Waals surface area contributed by atoms with Gasteiger partial charge in [-0.2, -0.15) is 0 Å². The van der Waals surface area contributed by atoms with E-state index in [2.05, 4.69) is 15.5 Å². The van der Waals surface area contributed by atoms with E-state index in [1.54, 1.807) is 0 Å². The second-order valence-corrected chi connectivity index (χ2v) is 6.93. The van der Waals surface area contributed by atoms with Gasteiger partial charge in [0.1, 0.15) is 23.8 Å². The van der Waals surface area contributed by atoms with Crippen molar-refractivity contribution in [1.82, 2.24) is 10.2 Å². The molecule has 0 radical (unpaired) electrons. The third kappa shape index (κ3) is 4.73. The molecule has 2 fully saturated rings. The van der Waals surface area contributed by atoms with Gasteiger partial charge in [-0.25, -0.2) is 13.6 Å². The summed E-state index contributed by atoms with van der Waals surface area (Å²) >= 11 is 0. The van der Waals surface area contributed by atoms with Crippen molar-refractivity contribution >= 4 is 11.7 Å². The Morgan fingerprint density at radius 3 is 2.63 bits per heavy atom. The van der Waals surface area contributed by atoms with Crippen molar-refractivity contribution in [1.29, 1.82) is 0 Å². The number of benzene rings is 1. The Hall–Kier alpha value is -1.81. The van der Waals surface area contributed by atoms with Crippen LogP contribution in [0.4, 0.5) is 19.3 Å². The van der Waals surface area contributed by atoms with Gasteiger partial charge in [0.25, 0.3) is 0 Å². The molecule has 2 aliphatic heterocycles. The standard InChI is InChI=1S/C18H25F2N3O4/c19-11-4-5-13(12(20)8-11)22-18(26)21-9-14-16(17(25)15(10-24)27-14)23-6-2-1-3-7-23/h4-5,8,14-17,24-25H,1-3,6-7,9-10H2,(H2,21,22,26). The molecule has 4 N–H and O–H groups in total. The second kappa shape index (κ2) is 8.92. The zero-order valence-corrected chi connectivity index (χ0v) is 14.9. The predicted molar refractivity (Wildman–Crippen MR) is 94.3 cm³/mol. The second-order valence-electron chi connectivity index (χ2n) is 6.93. The minimum absolute atomic E-state index is 0.0867. The molecule has 3 rings (SSSR count). The van der Waals surface area contributed by atoms with Crippen LogP contribution in [0.3, 0.4) is 0 Å². The van der Waals surface area contributed by atoms with Crippen LogP contribution in [0.5, 0.6) is 0 Å². The maximum atomic E-state index is 13.6. The summed E-state index contributed by atoms with van der Waals surface area (Å²) in [5, 5.41) is 24.8. The Morgan fingerprint density at radius 1 is 1.22 bits per heavy atom. The number of anilines is 1. The Labute approximate surface area is 156 Å². The number of hydrogen-bond acceptors (Lipinski definition) is 5. The fraction of sp³-hybridized carbons (Fsp3) is 0.611. The lowest BCUT2D eigenvalue weighted by Gasteiger charge is -2.36. The number of piperidine rings is 1. The minimum atomic E-state index is -0.871. The molecule has 0 aromatic heterocycles. The van der Waals surface area contributed by atoms with Crippen LogP contribution in [0.2, 0.25) is 0 Å². The van der Waals surface area contributed by atoms with Crippen LogP contribution < -0.4 is 10.6 Å². The highest BCUT2D eigenvalue weighted by atomic mass is 19.1. The first-order valence-electron chi connectivity index (χ1n) is 9.18. The molecule has 150 valence electrons. The van der Waals surface area contributed by atoms with Gasteiger partial charge in [0, 0.05) is 12.6 Å². The molecule has 0 saturated carbocycles. The van der Waals surface area contributed by atoms with Gasteiger partial charge < -0.3 is 25.6 Å². The highest BCUT2D eigenvalue weighted by Gasteiger charge is 2.46. The number of carbonyl (C=O) groups excluding carboxylic acids is 1. The lowest BCUT2D eigenvalue weighted by atomic mass is 9.99. The number of halogens is 2. The number of carbonyl (C=O) groups is 1. The van der Waals surface area contributed by atoms with Crippen molar-refractivity contribution in [2.24, 2.45) is 0 Å². The van der Waals surface area contributed by atoms with E-state index in [9.17, 15) is 23.8 Å². The average molecular weight is 385 g/mol. The number of urea groups is 1. The van der Waals surface area contributed by atoms with Crippen LogP contribution in [-0.4, -0.2) is 71.7 Å². The first-order valence-corrected chi connectivity index (χ1v) is 9.18. The van der Waals surface area contributed by atoms with Crippen molar-refractivity contribution in [2.45, 2.75) is 43.6 Å². The summed E-state index contributed by atoms with van der Waals surface area (Å²) < 4.78 is 32.3. The van der Waals surface area contributed by atoms with Crippen molar-refractivity contribution < 1.29 is 28.5 Å². The van der Waals surface area contributed by atoms with Crippen LogP contribution in [-0.2, 0) is 4.74 Å². The summed E-state index contributed by atoms with van der Waals surface area (Å²) in [4.78, 5) is 14.2. The summed E-state index contributed by atoms with van der Waals surface area (Å²) in [6.07, 6.45) is 1.13. The Morgan fingerprint density at radius 2 is 1.96 bits per heavy atom. The molecule has 2 aliphatic rings. The molecule has 1 aromatic rings. The molecule has 4 atom stereocenters. The van der Waals surface area contributed by atoms with Crippen LogP contribution in [0.25, 0.3) is 0 Å². The van der Waals surface area contributed by atoms with Gasteiger partial charge >= 0.3 is 6.03 Å². The molecular formula is C18H25F2N3O4. The zero-order valence-electron chi connectivity index (χ0n) is 14.9. The number of nitrogens with one attached hydrogen (secondary N) is 2. The Kier molecular flexibility index (Phi) is 6.59. The highest BCUT2D eigenvalue weighted by Crippen LogP contribution is 2.28. The van der Waals surface area contributed by atoms with E-state index in [0.717, 1.165) is 44.5 Å². The van der Waals surface area contributed by atoms with E-state index in [1.807, 2.05) is 0 Å². The lowest BCUT2D eigenvalue weighted by molar-refractivity contribution is -0.0205. The maximum absolute atomic E-state index is 13.6. The molecule has 7 nitrogen and oxygen atoms in total. The van der Waals surface area contributed by atoms with E-state index in [4.69, 9.17) is 4.74 Å². The van der Waals surface area contributed by atoms with Crippen molar-refractivity contribution in [3.8, 4) is 0 Å². The highest BCUT2D eigenvalue weighted by molar-refractivity contribution is 5.89. The average Bonchev–Trinajstić information content (AvgIpc) is 2.98. The number of nitrogens with zero attached hydrogens (tertiary/aromatic N) is 1. The molecule has 1 aromatic carbocycles. The third-order valence-corrected chi connectivity index (χ3v) is 5.10. The summed E-state index contributed by atoms with van der Waals surface area (Å²) in [7, 11) is 0. The Bertz CT molecular complexity index is 657. The van der Waals surface area contributed by atoms with Crippen molar-refractivity contribution in [2.75, 3.05) is 31.6 Å². The molecule has 2 saturated heterocycles. The number of likely N-dealkylation sites (tertiary alicyclic amines) is 1. The molecule has 4 unspecified atom stereocenters. The zero-order chi connectivity index (χ0) is 19.4. The van der Waals surface area contributed by atoms with E-state index in [0.29, 0.717) is 6.07 Å². The summed E-state index contributed by atoms with van der Waals surface area (Å²) in [6, 6.07) is 1.88. The van der Waals surface area contributed by atoms with Gasteiger partial charge in [0.15, 0.2) is 0 Å². The molecule has 2 heterocycles. The SMILES string of the molecule is O=C(NCC1OC(CO)C(O)C1N1CCCCC1)Nc1ccc(F)cc1F. The van der Waals surface area contributed by atoms with Crippen molar-refractivity contribution in [3.63, 3.8) is 0 Å². The van der Waals surface area contributed by atoms with Crippen LogP contribution >= 0.6 is 0 Å². The Balaban J connectivity index is 1.59. The van der Waals surface area contributed by atoms with Crippen molar-refractivity contribution in [3.05, 3.63) is 29.8 Å². The predicted octanol–water partition coefficient (Wildman–Crippen LogP) is 1.06. The van der Waals surface area contributed by atoms with Gasteiger partial charge in [0.2, 0.25) is 0 Å². The van der Waals surface area contributed by atoms with Crippen LogP contribution in [0, 0.1) is 11.6 Å². The number of amides is 2. The molecule has 0 spiro atoms. The summed E-state index contributed by atoms with van der Waals surface area (Å²) in [6.45, 7) is 1.43. The number of aliphatic hydroxyl groups excluding tert-OH is 2. The third-order valence-electron chi connectivity index (χ3n) is 5.10. The maximum Gasteiger partial charge on any atom is 0.319 e. The van der Waals surface area contributed by atoms with Crippen LogP contribution in [0.1, 0.15) is 19.3 Å². The normalized spacial score (nSPS) is 28.9. The number of aliphatic hydroxyl groups is 2. The fourth-order valence-electron chi connectivity index (χ4n) is 3.76. The number of rotatable bonds is 5. The van der Waals surface area contributed by atoms with Gasteiger partial charge in [-0.05, 0) is 38.1 Å². The minimum Gasteiger partial charge on any atom is -0.394 e. The van der Waals surface area contributed by atoms with E-state index in [1.165, 1.54) is 0 Å². The van der Waals surface area contributed by atoms with E-state index in [-0.39, 0.29) is 24.9 Å². The number of hydrogen-bond donors (Lipinski definition) is 4. The molecule has 2 amide bonds. The first kappa shape index (κ1) is 19.9. The largest absolute Gasteiger partial charge is 0.394 e. The molecule has 0 aliphatic carbocycles. The number of ether oxygens (including phenoxy) is 1. The fourth-order valence-corrected chi connectivity index (χ4v) is 3.76. The van der Waals surface area contributed by atoms with Crippen LogP contribution in [0.15, 0.2) is 18.2 Å². The first-order chi connectivity index (χ1) is 13.0. The van der Waals surface area contributed by atoms with E-state index >= 15 is 0 Å². The van der Waals surface area contributed by atoms with E-state index < -0.39 is 36.0 Å². The van der Waals surface area contributed by atoms with Gasteiger partial charge in [-0.1, -0.05) is 6.42 Å². The molecule has 0 bridgehead atoms. The summed E-state index contributed by atoms with van der Waals surface area (Å²) in [5.41, 5.74) is -0.137. The molecular weight excluding hydrogens is 360 g/mol. The van der Waals surface area contributed by atoms with Gasteiger partial charge in [0.05, 0.1) is 24.4 Å². The monoisotopic (exact) mass is 385 g/mol. The quantitative estimate of drug-likeness (QED) is 0.608. The van der Waals surface area contributed by atoms with Gasteiger partial charge in [-0.15, -0.1) is 0 Å². The molecule has 27 heavy (non-hydrogen) atoms. The topological polar surface area (TPSA) is 94.1 Å². The van der Waals surface area contributed by atoms with Gasteiger partial charge in [-0.3, -0.25) is 4.90 Å². The molecule has 9 heteroatoms. The smallest absolute Gasteiger partial charge is 0.319 e.